The first-order valence-corrected chi connectivity index (χ1v) is 7.72. The lowest BCUT2D eigenvalue weighted by molar-refractivity contribution is -0.121. The summed E-state index contributed by atoms with van der Waals surface area (Å²) in [4.78, 5) is 11.5. The summed E-state index contributed by atoms with van der Waals surface area (Å²) < 4.78 is 0. The van der Waals surface area contributed by atoms with Crippen molar-refractivity contribution in [3.05, 3.63) is 35.4 Å². The smallest absolute Gasteiger partial charge is 0.221 e. The zero-order chi connectivity index (χ0) is 14.4. The van der Waals surface area contributed by atoms with Gasteiger partial charge in [-0.15, -0.1) is 0 Å². The fourth-order valence-corrected chi connectivity index (χ4v) is 2.31. The van der Waals surface area contributed by atoms with Crippen LogP contribution in [0.25, 0.3) is 0 Å². The molecule has 1 aromatic carbocycles. The maximum absolute atomic E-state index is 11.5. The van der Waals surface area contributed by atoms with Crippen molar-refractivity contribution in [2.24, 2.45) is 0 Å². The second-order valence-electron chi connectivity index (χ2n) is 5.97. The fraction of sp³-hybridized carbons (Fsp3) is 0.588. The minimum atomic E-state index is 0.186. The van der Waals surface area contributed by atoms with E-state index in [1.165, 1.54) is 11.1 Å². The first-order chi connectivity index (χ1) is 9.63. The number of nitrogens with one attached hydrogen (secondary N) is 2. The number of carbonyl (C=O) groups excluding carboxylic acids is 1. The molecule has 1 amide bonds. The van der Waals surface area contributed by atoms with E-state index in [1.54, 1.807) is 0 Å². The SMILES string of the molecule is Cc1cccc(CCC(C)NCCC(=O)NC2CC2)c1. The standard InChI is InChI=1S/C17H26N2O/c1-13-4-3-5-15(12-13)7-6-14(2)18-11-10-17(20)19-16-8-9-16/h3-5,12,14,16,18H,6-11H2,1-2H3,(H,19,20). The van der Waals surface area contributed by atoms with Crippen LogP contribution in [0.1, 0.15) is 43.7 Å². The highest BCUT2D eigenvalue weighted by molar-refractivity contribution is 5.76. The van der Waals surface area contributed by atoms with Gasteiger partial charge in [0.2, 0.25) is 5.91 Å². The molecule has 0 heterocycles. The van der Waals surface area contributed by atoms with Crippen molar-refractivity contribution in [3.8, 4) is 0 Å². The molecule has 0 aliphatic heterocycles. The minimum absolute atomic E-state index is 0.186. The molecule has 0 radical (unpaired) electrons. The zero-order valence-corrected chi connectivity index (χ0v) is 12.6. The predicted molar refractivity (Wildman–Crippen MR) is 82.7 cm³/mol. The van der Waals surface area contributed by atoms with Gasteiger partial charge in [-0.2, -0.15) is 0 Å². The van der Waals surface area contributed by atoms with Crippen molar-refractivity contribution in [1.82, 2.24) is 10.6 Å². The van der Waals surface area contributed by atoms with Crippen LogP contribution in [0.15, 0.2) is 24.3 Å². The fourth-order valence-electron chi connectivity index (χ4n) is 2.31. The Morgan fingerprint density at radius 2 is 2.20 bits per heavy atom. The van der Waals surface area contributed by atoms with Crippen LogP contribution in [-0.4, -0.2) is 24.5 Å². The van der Waals surface area contributed by atoms with Gasteiger partial charge in [-0.25, -0.2) is 0 Å². The lowest BCUT2D eigenvalue weighted by atomic mass is 10.0. The van der Waals surface area contributed by atoms with Crippen LogP contribution in [0.4, 0.5) is 0 Å². The minimum Gasteiger partial charge on any atom is -0.353 e. The molecule has 1 fully saturated rings. The van der Waals surface area contributed by atoms with Crippen LogP contribution in [0.2, 0.25) is 0 Å². The average molecular weight is 274 g/mol. The summed E-state index contributed by atoms with van der Waals surface area (Å²) >= 11 is 0. The first-order valence-electron chi connectivity index (χ1n) is 7.72. The van der Waals surface area contributed by atoms with E-state index >= 15 is 0 Å². The van der Waals surface area contributed by atoms with Gasteiger partial charge in [-0.05, 0) is 45.1 Å². The highest BCUT2D eigenvalue weighted by atomic mass is 16.1. The van der Waals surface area contributed by atoms with Gasteiger partial charge in [0.15, 0.2) is 0 Å². The van der Waals surface area contributed by atoms with E-state index in [4.69, 9.17) is 0 Å². The lowest BCUT2D eigenvalue weighted by Gasteiger charge is -2.14. The molecule has 1 aliphatic rings. The maximum Gasteiger partial charge on any atom is 0.221 e. The molecule has 1 unspecified atom stereocenters. The number of carbonyl (C=O) groups is 1. The van der Waals surface area contributed by atoms with E-state index in [0.717, 1.165) is 32.2 Å². The molecule has 3 heteroatoms. The summed E-state index contributed by atoms with van der Waals surface area (Å²) in [5.74, 6) is 0.186. The van der Waals surface area contributed by atoms with Gasteiger partial charge in [-0.1, -0.05) is 29.8 Å². The Hall–Kier alpha value is -1.35. The van der Waals surface area contributed by atoms with Crippen molar-refractivity contribution in [2.45, 2.75) is 58.0 Å². The molecule has 110 valence electrons. The molecule has 0 bridgehead atoms. The lowest BCUT2D eigenvalue weighted by Crippen LogP contribution is -2.33. The third kappa shape index (κ3) is 5.74. The van der Waals surface area contributed by atoms with E-state index in [-0.39, 0.29) is 5.91 Å². The van der Waals surface area contributed by atoms with Gasteiger partial charge in [0, 0.05) is 25.0 Å². The number of aryl methyl sites for hydroxylation is 2. The molecule has 1 aromatic rings. The molecule has 1 atom stereocenters. The van der Waals surface area contributed by atoms with Crippen LogP contribution in [-0.2, 0) is 11.2 Å². The maximum atomic E-state index is 11.5. The molecule has 0 aromatic heterocycles. The second kappa shape index (κ2) is 7.44. The number of amides is 1. The summed E-state index contributed by atoms with van der Waals surface area (Å²) in [5, 5.41) is 6.44. The van der Waals surface area contributed by atoms with E-state index < -0.39 is 0 Å². The Balaban J connectivity index is 1.57. The first kappa shape index (κ1) is 15.0. The number of benzene rings is 1. The molecule has 20 heavy (non-hydrogen) atoms. The quantitative estimate of drug-likeness (QED) is 0.765. The molecule has 1 aliphatic carbocycles. The van der Waals surface area contributed by atoms with Crippen LogP contribution >= 0.6 is 0 Å². The van der Waals surface area contributed by atoms with Crippen molar-refractivity contribution >= 4 is 5.91 Å². The monoisotopic (exact) mass is 274 g/mol. The van der Waals surface area contributed by atoms with Crippen LogP contribution in [0.3, 0.4) is 0 Å². The molecule has 0 spiro atoms. The topological polar surface area (TPSA) is 41.1 Å². The molecule has 3 nitrogen and oxygen atoms in total. The summed E-state index contributed by atoms with van der Waals surface area (Å²) in [6.45, 7) is 5.09. The molecule has 0 saturated heterocycles. The summed E-state index contributed by atoms with van der Waals surface area (Å²) in [6.07, 6.45) is 5.10. The van der Waals surface area contributed by atoms with Crippen LogP contribution < -0.4 is 10.6 Å². The summed E-state index contributed by atoms with van der Waals surface area (Å²) in [5.41, 5.74) is 2.71. The van der Waals surface area contributed by atoms with Gasteiger partial charge in [-0.3, -0.25) is 4.79 Å². The largest absolute Gasteiger partial charge is 0.353 e. The average Bonchev–Trinajstić information content (AvgIpc) is 3.20. The summed E-state index contributed by atoms with van der Waals surface area (Å²) in [6, 6.07) is 9.60. The molecule has 2 rings (SSSR count). The van der Waals surface area contributed by atoms with Gasteiger partial charge in [0.25, 0.3) is 0 Å². The zero-order valence-electron chi connectivity index (χ0n) is 12.6. The molecule has 1 saturated carbocycles. The van der Waals surface area contributed by atoms with E-state index in [0.29, 0.717) is 18.5 Å². The van der Waals surface area contributed by atoms with Gasteiger partial charge in [0.1, 0.15) is 0 Å². The van der Waals surface area contributed by atoms with E-state index in [2.05, 4.69) is 48.7 Å². The number of rotatable bonds is 8. The highest BCUT2D eigenvalue weighted by Crippen LogP contribution is 2.18. The Labute approximate surface area is 122 Å². The van der Waals surface area contributed by atoms with Crippen LogP contribution in [0.5, 0.6) is 0 Å². The van der Waals surface area contributed by atoms with Crippen molar-refractivity contribution < 1.29 is 4.79 Å². The molecular weight excluding hydrogens is 248 g/mol. The number of hydrogen-bond donors (Lipinski definition) is 2. The normalized spacial score (nSPS) is 15.9. The van der Waals surface area contributed by atoms with Crippen molar-refractivity contribution in [2.75, 3.05) is 6.54 Å². The summed E-state index contributed by atoms with van der Waals surface area (Å²) in [7, 11) is 0. The highest BCUT2D eigenvalue weighted by Gasteiger charge is 2.22. The Morgan fingerprint density at radius 3 is 2.90 bits per heavy atom. The number of hydrogen-bond acceptors (Lipinski definition) is 2. The van der Waals surface area contributed by atoms with Gasteiger partial charge in [0.05, 0.1) is 0 Å². The predicted octanol–water partition coefficient (Wildman–Crippen LogP) is 2.57. The van der Waals surface area contributed by atoms with Crippen LogP contribution in [0, 0.1) is 6.92 Å². The molecule has 2 N–H and O–H groups in total. The van der Waals surface area contributed by atoms with Crippen molar-refractivity contribution in [3.63, 3.8) is 0 Å². The van der Waals surface area contributed by atoms with E-state index in [1.807, 2.05) is 0 Å². The van der Waals surface area contributed by atoms with Gasteiger partial charge < -0.3 is 10.6 Å². The second-order valence-corrected chi connectivity index (χ2v) is 5.97. The molecular formula is C17H26N2O. The van der Waals surface area contributed by atoms with Crippen molar-refractivity contribution in [1.29, 1.82) is 0 Å². The third-order valence-electron chi connectivity index (χ3n) is 3.74. The van der Waals surface area contributed by atoms with E-state index in [9.17, 15) is 4.79 Å². The Kier molecular flexibility index (Phi) is 5.60. The van der Waals surface area contributed by atoms with Gasteiger partial charge >= 0.3 is 0 Å². The Morgan fingerprint density at radius 1 is 1.40 bits per heavy atom. The third-order valence-corrected chi connectivity index (χ3v) is 3.74. The Bertz CT molecular complexity index is 440.